The second-order valence-electron chi connectivity index (χ2n) is 7.80. The predicted octanol–water partition coefficient (Wildman–Crippen LogP) is 4.12. The van der Waals surface area contributed by atoms with Crippen LogP contribution in [0.5, 0.6) is 17.2 Å². The quantitative estimate of drug-likeness (QED) is 0.300. The summed E-state index contributed by atoms with van der Waals surface area (Å²) < 4.78 is 20.9. The van der Waals surface area contributed by atoms with Crippen LogP contribution in [0.25, 0.3) is 0 Å². The second-order valence-corrected chi connectivity index (χ2v) is 7.80. The van der Waals surface area contributed by atoms with Crippen LogP contribution in [0.2, 0.25) is 0 Å². The normalized spacial score (nSPS) is 10.4. The second kappa shape index (κ2) is 12.9. The predicted molar refractivity (Wildman–Crippen MR) is 133 cm³/mol. The average molecular weight is 492 g/mol. The van der Waals surface area contributed by atoms with Crippen LogP contribution in [0.4, 0.5) is 0 Å². The van der Waals surface area contributed by atoms with Gasteiger partial charge in [-0.15, -0.1) is 0 Å². The zero-order valence-corrected chi connectivity index (χ0v) is 20.5. The fourth-order valence-electron chi connectivity index (χ4n) is 3.43. The summed E-state index contributed by atoms with van der Waals surface area (Å²) in [5, 5.41) is 2.91. The molecule has 0 heterocycles. The van der Waals surface area contributed by atoms with Crippen LogP contribution in [-0.2, 0) is 14.3 Å². The van der Waals surface area contributed by atoms with E-state index in [1.807, 2.05) is 24.3 Å². The molecule has 0 saturated carbocycles. The van der Waals surface area contributed by atoms with Crippen molar-refractivity contribution in [2.75, 3.05) is 27.4 Å². The highest BCUT2D eigenvalue weighted by molar-refractivity contribution is 5.95. The molecule has 0 unspecified atom stereocenters. The maximum Gasteiger partial charge on any atom is 0.344 e. The molecule has 36 heavy (non-hydrogen) atoms. The molecule has 3 aromatic carbocycles. The number of carbonyl (C=O) groups excluding carboxylic acids is 3. The van der Waals surface area contributed by atoms with Gasteiger partial charge in [0.2, 0.25) is 0 Å². The van der Waals surface area contributed by atoms with E-state index in [0.717, 1.165) is 11.1 Å². The molecule has 3 aromatic rings. The summed E-state index contributed by atoms with van der Waals surface area (Å²) in [7, 11) is 3.16. The molecule has 0 spiro atoms. The van der Waals surface area contributed by atoms with Gasteiger partial charge in [0, 0.05) is 12.0 Å². The van der Waals surface area contributed by atoms with Crippen LogP contribution >= 0.6 is 0 Å². The molecule has 1 N–H and O–H groups in total. The smallest absolute Gasteiger partial charge is 0.344 e. The van der Waals surface area contributed by atoms with Crippen molar-refractivity contribution in [1.82, 2.24) is 5.32 Å². The van der Waals surface area contributed by atoms with Gasteiger partial charge in [-0.05, 0) is 59.7 Å². The number of rotatable bonds is 12. The summed E-state index contributed by atoms with van der Waals surface area (Å²) >= 11 is 0. The van der Waals surface area contributed by atoms with E-state index in [9.17, 15) is 14.4 Å². The van der Waals surface area contributed by atoms with Gasteiger partial charge in [-0.1, -0.05) is 31.2 Å². The summed E-state index contributed by atoms with van der Waals surface area (Å²) in [6.07, 6.45) is 0.409. The summed E-state index contributed by atoms with van der Waals surface area (Å²) in [5.41, 5.74) is 2.23. The Kier molecular flexibility index (Phi) is 9.45. The molecule has 3 rings (SSSR count). The number of ketones is 1. The Labute approximate surface area is 210 Å². The van der Waals surface area contributed by atoms with Crippen molar-refractivity contribution in [3.05, 3.63) is 89.5 Å². The average Bonchev–Trinajstić information content (AvgIpc) is 2.93. The lowest BCUT2D eigenvalue weighted by atomic mass is 9.98. The van der Waals surface area contributed by atoms with E-state index in [0.29, 0.717) is 29.2 Å². The largest absolute Gasteiger partial charge is 0.497 e. The van der Waals surface area contributed by atoms with E-state index < -0.39 is 24.5 Å². The molecule has 0 aliphatic heterocycles. The highest BCUT2D eigenvalue weighted by Crippen LogP contribution is 2.26. The van der Waals surface area contributed by atoms with E-state index in [4.69, 9.17) is 18.9 Å². The van der Waals surface area contributed by atoms with Crippen LogP contribution in [0.1, 0.15) is 40.9 Å². The zero-order valence-electron chi connectivity index (χ0n) is 20.5. The van der Waals surface area contributed by atoms with Gasteiger partial charge < -0.3 is 24.3 Å². The van der Waals surface area contributed by atoms with Crippen LogP contribution in [-0.4, -0.2) is 45.1 Å². The Morgan fingerprint density at radius 3 is 1.69 bits per heavy atom. The Balaban J connectivity index is 1.57. The third-order valence-electron chi connectivity index (χ3n) is 5.42. The maximum atomic E-state index is 12.6. The number of amides is 1. The Hall–Kier alpha value is -4.33. The SMILES string of the molecule is CCC(=O)c1ccc(OCC(=O)OCC(=O)NC(c2ccc(OC)cc2)c2ccc(OC)cc2)cc1. The van der Waals surface area contributed by atoms with Gasteiger partial charge in [0.05, 0.1) is 20.3 Å². The fourth-order valence-corrected chi connectivity index (χ4v) is 3.43. The number of nitrogens with one attached hydrogen (secondary N) is 1. The Morgan fingerprint density at radius 1 is 0.722 bits per heavy atom. The van der Waals surface area contributed by atoms with E-state index in [1.54, 1.807) is 69.7 Å². The Morgan fingerprint density at radius 2 is 1.22 bits per heavy atom. The van der Waals surface area contributed by atoms with Crippen LogP contribution in [0.15, 0.2) is 72.8 Å². The van der Waals surface area contributed by atoms with Crippen molar-refractivity contribution in [2.24, 2.45) is 0 Å². The van der Waals surface area contributed by atoms with Crippen molar-refractivity contribution >= 4 is 17.7 Å². The van der Waals surface area contributed by atoms with Crippen molar-refractivity contribution < 1.29 is 33.3 Å². The molecule has 0 fully saturated rings. The zero-order chi connectivity index (χ0) is 25.9. The molecule has 188 valence electrons. The van der Waals surface area contributed by atoms with Gasteiger partial charge in [0.15, 0.2) is 19.0 Å². The molecule has 0 atom stereocenters. The highest BCUT2D eigenvalue weighted by Gasteiger charge is 2.19. The Bertz CT molecular complexity index is 1110. The maximum absolute atomic E-state index is 12.6. The number of methoxy groups -OCH3 is 2. The van der Waals surface area contributed by atoms with Crippen LogP contribution in [0.3, 0.4) is 0 Å². The third kappa shape index (κ3) is 7.33. The van der Waals surface area contributed by atoms with Crippen molar-refractivity contribution in [2.45, 2.75) is 19.4 Å². The number of ether oxygens (including phenoxy) is 4. The first kappa shape index (κ1) is 26.3. The number of Topliss-reactive ketones (excluding diaryl/α,β-unsaturated/α-hetero) is 1. The van der Waals surface area contributed by atoms with Crippen molar-refractivity contribution in [1.29, 1.82) is 0 Å². The number of esters is 1. The molecule has 0 aliphatic rings. The first-order valence-corrected chi connectivity index (χ1v) is 11.4. The van der Waals surface area contributed by atoms with Crippen molar-refractivity contribution in [3.63, 3.8) is 0 Å². The summed E-state index contributed by atoms with van der Waals surface area (Å²) in [5.74, 6) is 0.669. The molecule has 1 amide bonds. The van der Waals surface area contributed by atoms with Gasteiger partial charge in [-0.2, -0.15) is 0 Å². The van der Waals surface area contributed by atoms with Crippen LogP contribution < -0.4 is 19.5 Å². The minimum absolute atomic E-state index is 0.0227. The fraction of sp³-hybridized carbons (Fsp3) is 0.250. The topological polar surface area (TPSA) is 100 Å². The first-order chi connectivity index (χ1) is 17.4. The number of hydrogen-bond donors (Lipinski definition) is 1. The van der Waals surface area contributed by atoms with E-state index in [-0.39, 0.29) is 12.4 Å². The van der Waals surface area contributed by atoms with Gasteiger partial charge in [0.25, 0.3) is 5.91 Å². The highest BCUT2D eigenvalue weighted by atomic mass is 16.6. The monoisotopic (exact) mass is 491 g/mol. The third-order valence-corrected chi connectivity index (χ3v) is 5.42. The molecule has 0 radical (unpaired) electrons. The van der Waals surface area contributed by atoms with Gasteiger partial charge in [-0.25, -0.2) is 4.79 Å². The van der Waals surface area contributed by atoms with Crippen molar-refractivity contribution in [3.8, 4) is 17.2 Å². The van der Waals surface area contributed by atoms with Gasteiger partial charge in [0.1, 0.15) is 17.2 Å². The summed E-state index contributed by atoms with van der Waals surface area (Å²) in [4.78, 5) is 36.4. The van der Waals surface area contributed by atoms with E-state index in [1.165, 1.54) is 0 Å². The lowest BCUT2D eigenvalue weighted by Crippen LogP contribution is -2.33. The molecular weight excluding hydrogens is 462 g/mol. The summed E-state index contributed by atoms with van der Waals surface area (Å²) in [6, 6.07) is 20.7. The summed E-state index contributed by atoms with van der Waals surface area (Å²) in [6.45, 7) is 0.957. The molecule has 0 aromatic heterocycles. The number of carbonyl (C=O) groups is 3. The molecule has 0 bridgehead atoms. The number of benzene rings is 3. The molecule has 0 saturated heterocycles. The van der Waals surface area contributed by atoms with E-state index in [2.05, 4.69) is 5.32 Å². The minimum atomic E-state index is -0.690. The molecular formula is C28H29NO7. The molecule has 8 nitrogen and oxygen atoms in total. The number of hydrogen-bond acceptors (Lipinski definition) is 7. The molecule has 0 aliphatic carbocycles. The minimum Gasteiger partial charge on any atom is -0.497 e. The molecule has 8 heteroatoms. The van der Waals surface area contributed by atoms with Gasteiger partial charge >= 0.3 is 5.97 Å². The van der Waals surface area contributed by atoms with Gasteiger partial charge in [-0.3, -0.25) is 9.59 Å². The van der Waals surface area contributed by atoms with E-state index >= 15 is 0 Å². The lowest BCUT2D eigenvalue weighted by molar-refractivity contribution is -0.150. The lowest BCUT2D eigenvalue weighted by Gasteiger charge is -2.20. The standard InChI is InChI=1S/C28H29NO7/c1-4-25(30)19-5-15-24(16-6-19)35-18-27(32)36-17-26(31)29-28(20-7-11-22(33-2)12-8-20)21-9-13-23(34-3)14-10-21/h5-16,28H,4,17-18H2,1-3H3,(H,29,31). The first-order valence-electron chi connectivity index (χ1n) is 11.4. The van der Waals surface area contributed by atoms with Crippen LogP contribution in [0, 0.1) is 0 Å².